The summed E-state index contributed by atoms with van der Waals surface area (Å²) in [5, 5.41) is 0. The van der Waals surface area contributed by atoms with E-state index in [0.29, 0.717) is 61.2 Å². The predicted molar refractivity (Wildman–Crippen MR) is 202 cm³/mol. The molecule has 4 saturated carbocycles. The average Bonchev–Trinajstić information content (AvgIpc) is 3.32. The maximum atomic E-state index is 7.12. The summed E-state index contributed by atoms with van der Waals surface area (Å²) >= 11 is 0. The number of nitrogens with zero attached hydrogens (tertiary/aromatic N) is 1. The van der Waals surface area contributed by atoms with Crippen LogP contribution >= 0.6 is 0 Å². The van der Waals surface area contributed by atoms with Gasteiger partial charge < -0.3 is 36.3 Å². The van der Waals surface area contributed by atoms with Crippen LogP contribution in [0.25, 0.3) is 0 Å². The lowest BCUT2D eigenvalue weighted by Crippen LogP contribution is -2.49. The molecular weight excluding hydrogens is 608 g/mol. The fourth-order valence-electron chi connectivity index (χ4n) is 11.5. The van der Waals surface area contributed by atoms with Crippen molar-refractivity contribution in [2.24, 2.45) is 63.5 Å². The highest BCUT2D eigenvalue weighted by Crippen LogP contribution is 2.66. The summed E-state index contributed by atoms with van der Waals surface area (Å²) in [5.74, 6) is 3.78. The first-order valence-electron chi connectivity index (χ1n) is 20.4. The highest BCUT2D eigenvalue weighted by molar-refractivity contribution is 5.14. The third kappa shape index (κ3) is 9.30. The van der Waals surface area contributed by atoms with Crippen LogP contribution in [0, 0.1) is 46.3 Å². The van der Waals surface area contributed by atoms with Crippen molar-refractivity contribution in [2.45, 2.75) is 129 Å². The highest BCUT2D eigenvalue weighted by atomic mass is 16.5. The van der Waals surface area contributed by atoms with Gasteiger partial charge in [-0.25, -0.2) is 0 Å². The van der Waals surface area contributed by atoms with Crippen molar-refractivity contribution in [1.82, 2.24) is 4.90 Å². The van der Waals surface area contributed by atoms with E-state index in [1.807, 2.05) is 0 Å². The number of rotatable bonds is 19. The Hall–Kier alpha value is -1.06. The fraction of sp³-hybridized carbons (Fsp3) is 0.857. The van der Waals surface area contributed by atoms with Crippen molar-refractivity contribution in [3.05, 3.63) is 35.9 Å². The molecule has 7 nitrogen and oxygen atoms in total. The Labute approximate surface area is 300 Å². The molecule has 0 aliphatic heterocycles. The Bertz CT molecular complexity index is 1090. The van der Waals surface area contributed by atoms with E-state index in [2.05, 4.69) is 63.1 Å². The first-order chi connectivity index (χ1) is 23.7. The minimum Gasteiger partial charge on any atom is -0.378 e. The predicted octanol–water partition coefficient (Wildman–Crippen LogP) is 7.01. The Morgan fingerprint density at radius 3 is 2.18 bits per heavy atom. The zero-order valence-corrected chi connectivity index (χ0v) is 31.8. The molecule has 4 unspecified atom stereocenters. The summed E-state index contributed by atoms with van der Waals surface area (Å²) < 4.78 is 20.6. The van der Waals surface area contributed by atoms with Gasteiger partial charge >= 0.3 is 0 Å². The number of nitrogens with two attached hydrogens (primary N) is 3. The normalized spacial score (nSPS) is 36.6. The number of benzene rings is 1. The molecule has 0 spiro atoms. The van der Waals surface area contributed by atoms with Gasteiger partial charge in [-0.3, -0.25) is 0 Å². The zero-order chi connectivity index (χ0) is 34.9. The molecule has 6 N–H and O–H groups in total. The van der Waals surface area contributed by atoms with E-state index in [4.69, 9.17) is 31.4 Å². The van der Waals surface area contributed by atoms with Gasteiger partial charge in [-0.2, -0.15) is 0 Å². The van der Waals surface area contributed by atoms with E-state index in [1.165, 1.54) is 50.5 Å². The topological polar surface area (TPSA) is 109 Å². The van der Waals surface area contributed by atoms with Crippen LogP contribution in [0.1, 0.15) is 110 Å². The van der Waals surface area contributed by atoms with Gasteiger partial charge in [0.05, 0.1) is 18.3 Å². The van der Waals surface area contributed by atoms with Crippen molar-refractivity contribution in [2.75, 3.05) is 53.0 Å². The highest BCUT2D eigenvalue weighted by Gasteiger charge is 2.62. The van der Waals surface area contributed by atoms with Gasteiger partial charge in [0, 0.05) is 31.8 Å². The summed E-state index contributed by atoms with van der Waals surface area (Å²) in [6, 6.07) is 10.9. The minimum absolute atomic E-state index is 0.143. The Morgan fingerprint density at radius 1 is 0.796 bits per heavy atom. The van der Waals surface area contributed by atoms with Crippen LogP contribution in [0.2, 0.25) is 0 Å². The van der Waals surface area contributed by atoms with Crippen LogP contribution in [-0.2, 0) is 20.8 Å². The standard InChI is InChI=1S/C42H74N4O3/c1-31(12-8-22-46(4)30-32-13-6-5-7-14-32)37-15-16-38-36-27-34(29-40(42(37,38)3)49-25-11-21-45)41(2)18-17-35(47-23-9-19-43)26-33(41)28-39(36)48-24-10-20-44/h5-7,13-14,31,33-40H,8-12,15-30,43-45H2,1-4H3/t31-,33?,34-,35-,36?,37?,38+,39-,40+,41-,42?/m1/s1. The Balaban J connectivity index is 1.37. The second-order valence-corrected chi connectivity index (χ2v) is 17.2. The van der Waals surface area contributed by atoms with E-state index in [9.17, 15) is 0 Å². The molecular formula is C42H74N4O3. The monoisotopic (exact) mass is 683 g/mol. The molecule has 0 heterocycles. The van der Waals surface area contributed by atoms with Crippen LogP contribution < -0.4 is 17.2 Å². The third-order valence-electron chi connectivity index (χ3n) is 14.3. The molecule has 4 fully saturated rings. The lowest BCUT2D eigenvalue weighted by molar-refractivity contribution is -0.125. The first kappa shape index (κ1) is 39.2. The van der Waals surface area contributed by atoms with Crippen molar-refractivity contribution in [1.29, 1.82) is 0 Å². The maximum Gasteiger partial charge on any atom is 0.0637 e. The van der Waals surface area contributed by atoms with Crippen LogP contribution in [0.5, 0.6) is 0 Å². The van der Waals surface area contributed by atoms with Gasteiger partial charge in [-0.1, -0.05) is 51.1 Å². The van der Waals surface area contributed by atoms with Crippen molar-refractivity contribution in [3.8, 4) is 0 Å². The first-order valence-corrected chi connectivity index (χ1v) is 20.4. The number of hydrogen-bond donors (Lipinski definition) is 3. The van der Waals surface area contributed by atoms with Gasteiger partial charge in [0.2, 0.25) is 0 Å². The van der Waals surface area contributed by atoms with E-state index < -0.39 is 0 Å². The Kier molecular flexibility index (Phi) is 14.9. The van der Waals surface area contributed by atoms with Gasteiger partial charge in [0.15, 0.2) is 0 Å². The van der Waals surface area contributed by atoms with Gasteiger partial charge in [0.25, 0.3) is 0 Å². The molecule has 0 amide bonds. The summed E-state index contributed by atoms with van der Waals surface area (Å²) in [6.45, 7) is 14.4. The molecule has 4 aliphatic rings. The summed E-state index contributed by atoms with van der Waals surface area (Å²) in [6.07, 6.45) is 16.0. The lowest BCUT2D eigenvalue weighted by atomic mass is 9.57. The molecule has 5 rings (SSSR count). The van der Waals surface area contributed by atoms with Crippen LogP contribution in [0.15, 0.2) is 30.3 Å². The molecule has 2 bridgehead atoms. The molecule has 49 heavy (non-hydrogen) atoms. The van der Waals surface area contributed by atoms with E-state index in [1.54, 1.807) is 0 Å². The second-order valence-electron chi connectivity index (χ2n) is 17.2. The third-order valence-corrected chi connectivity index (χ3v) is 14.3. The number of hydrogen-bond acceptors (Lipinski definition) is 7. The summed E-state index contributed by atoms with van der Waals surface area (Å²) in [7, 11) is 2.28. The van der Waals surface area contributed by atoms with Crippen molar-refractivity contribution >= 4 is 0 Å². The molecule has 4 aliphatic carbocycles. The van der Waals surface area contributed by atoms with Gasteiger partial charge in [-0.05, 0) is 163 Å². The molecule has 0 saturated heterocycles. The summed E-state index contributed by atoms with van der Waals surface area (Å²) in [5.41, 5.74) is 19.7. The second kappa shape index (κ2) is 18.6. The summed E-state index contributed by atoms with van der Waals surface area (Å²) in [4.78, 5) is 2.50. The van der Waals surface area contributed by atoms with Crippen LogP contribution in [0.4, 0.5) is 0 Å². The van der Waals surface area contributed by atoms with E-state index >= 15 is 0 Å². The van der Waals surface area contributed by atoms with Crippen molar-refractivity contribution < 1.29 is 14.2 Å². The number of ether oxygens (including phenoxy) is 3. The van der Waals surface area contributed by atoms with Crippen LogP contribution in [-0.4, -0.2) is 76.3 Å². The number of fused-ring (bicyclic) bond motifs is 6. The van der Waals surface area contributed by atoms with E-state index in [-0.39, 0.29) is 23.0 Å². The largest absolute Gasteiger partial charge is 0.378 e. The fourth-order valence-corrected chi connectivity index (χ4v) is 11.5. The minimum atomic E-state index is 0.143. The molecule has 11 atom stereocenters. The van der Waals surface area contributed by atoms with Crippen LogP contribution in [0.3, 0.4) is 0 Å². The zero-order valence-electron chi connectivity index (χ0n) is 31.8. The van der Waals surface area contributed by atoms with Crippen molar-refractivity contribution in [3.63, 3.8) is 0 Å². The lowest BCUT2D eigenvalue weighted by Gasteiger charge is -2.51. The quantitative estimate of drug-likeness (QED) is 0.135. The smallest absolute Gasteiger partial charge is 0.0637 e. The van der Waals surface area contributed by atoms with Gasteiger partial charge in [0.1, 0.15) is 0 Å². The molecule has 0 radical (unpaired) electrons. The average molecular weight is 683 g/mol. The molecule has 1 aromatic rings. The van der Waals surface area contributed by atoms with Gasteiger partial charge in [-0.15, -0.1) is 0 Å². The Morgan fingerprint density at radius 2 is 1.47 bits per heavy atom. The molecule has 0 aromatic heterocycles. The van der Waals surface area contributed by atoms with E-state index in [0.717, 1.165) is 71.4 Å². The molecule has 280 valence electrons. The molecule has 1 aromatic carbocycles. The SMILES string of the molecule is C[C@H](CCCN(C)Cc1ccccc1)C1CC[C@H]2C3C[C@H](C[C@H](OCCCN)C12C)[C@]1(C)CC[C@@H](OCCCN)CC1C[C@H]3OCCCN. The molecule has 7 heteroatoms. The maximum absolute atomic E-state index is 7.12.